The van der Waals surface area contributed by atoms with E-state index in [1.54, 1.807) is 0 Å². The van der Waals surface area contributed by atoms with Gasteiger partial charge in [0.2, 0.25) is 0 Å². The zero-order valence-electron chi connectivity index (χ0n) is 24.4. The van der Waals surface area contributed by atoms with Gasteiger partial charge in [-0.2, -0.15) is 0 Å². The van der Waals surface area contributed by atoms with Crippen molar-refractivity contribution in [2.24, 2.45) is 0 Å². The third-order valence-electron chi connectivity index (χ3n) is 9.18. The topological polar surface area (TPSA) is 0 Å². The Morgan fingerprint density at radius 2 is 1.11 bits per heavy atom. The van der Waals surface area contributed by atoms with Crippen molar-refractivity contribution in [2.45, 2.75) is 18.8 Å². The van der Waals surface area contributed by atoms with Gasteiger partial charge in [0.05, 0.1) is 0 Å². The Hall–Kier alpha value is -4.72. The first kappa shape index (κ1) is 26.9. The number of benzene rings is 7. The van der Waals surface area contributed by atoms with Crippen LogP contribution in [0.5, 0.6) is 0 Å². The van der Waals surface area contributed by atoms with Gasteiger partial charge in [0.1, 0.15) is 0 Å². The minimum absolute atomic E-state index is 0.360. The van der Waals surface area contributed by atoms with Gasteiger partial charge in [0.25, 0.3) is 0 Å². The van der Waals surface area contributed by atoms with Crippen LogP contribution >= 0.6 is 15.9 Å². The van der Waals surface area contributed by atoms with Crippen molar-refractivity contribution < 1.29 is 0 Å². The predicted octanol–water partition coefficient (Wildman–Crippen LogP) is 12.3. The summed E-state index contributed by atoms with van der Waals surface area (Å²) in [7, 11) is 0. The van der Waals surface area contributed by atoms with E-state index in [-0.39, 0.29) is 0 Å². The molecule has 0 radical (unpaired) electrons. The normalized spacial score (nSPS) is 13.5. The molecule has 210 valence electrons. The molecule has 0 heterocycles. The number of hydrogen-bond acceptors (Lipinski definition) is 0. The summed E-state index contributed by atoms with van der Waals surface area (Å²) >= 11 is 3.57. The smallest absolute Gasteiger partial charge is 0.0175 e. The molecule has 8 rings (SSSR count). The first-order valence-electron chi connectivity index (χ1n) is 15.4. The fourth-order valence-electron chi connectivity index (χ4n) is 6.97. The van der Waals surface area contributed by atoms with Crippen LogP contribution < -0.4 is 0 Å². The van der Waals surface area contributed by atoms with E-state index in [0.717, 1.165) is 17.3 Å². The van der Waals surface area contributed by atoms with Crippen LogP contribution in [-0.4, -0.2) is 0 Å². The van der Waals surface area contributed by atoms with E-state index >= 15 is 0 Å². The summed E-state index contributed by atoms with van der Waals surface area (Å²) in [6.07, 6.45) is 2.14. The molecule has 7 aromatic rings. The first-order chi connectivity index (χ1) is 21.7. The molecule has 0 spiro atoms. The van der Waals surface area contributed by atoms with Crippen molar-refractivity contribution in [3.05, 3.63) is 179 Å². The second kappa shape index (κ2) is 11.4. The lowest BCUT2D eigenvalue weighted by atomic mass is 9.88. The molecule has 0 aliphatic heterocycles. The average Bonchev–Trinajstić information content (AvgIpc) is 3.40. The van der Waals surface area contributed by atoms with Crippen molar-refractivity contribution in [1.82, 2.24) is 0 Å². The molecule has 1 unspecified atom stereocenters. The number of rotatable bonds is 6. The number of fused-ring (bicyclic) bond motifs is 4. The molecule has 1 heteroatoms. The van der Waals surface area contributed by atoms with Gasteiger partial charge >= 0.3 is 0 Å². The molecule has 7 aromatic carbocycles. The van der Waals surface area contributed by atoms with E-state index in [1.807, 2.05) is 0 Å². The van der Waals surface area contributed by atoms with E-state index in [1.165, 1.54) is 72.0 Å². The Morgan fingerprint density at radius 3 is 1.98 bits per heavy atom. The molecular weight excluding hydrogens is 596 g/mol. The van der Waals surface area contributed by atoms with E-state index in [4.69, 9.17) is 0 Å². The molecule has 44 heavy (non-hydrogen) atoms. The minimum Gasteiger partial charge on any atom is -0.0622 e. The zero-order chi connectivity index (χ0) is 29.5. The maximum atomic E-state index is 3.57. The van der Waals surface area contributed by atoms with Crippen LogP contribution in [0.4, 0.5) is 0 Å². The Balaban J connectivity index is 1.22. The van der Waals surface area contributed by atoms with Gasteiger partial charge in [-0.15, -0.1) is 0 Å². The van der Waals surface area contributed by atoms with Crippen molar-refractivity contribution in [2.75, 3.05) is 0 Å². The van der Waals surface area contributed by atoms with E-state index in [2.05, 4.69) is 174 Å². The van der Waals surface area contributed by atoms with Crippen molar-refractivity contribution in [3.8, 4) is 44.5 Å². The lowest BCUT2D eigenvalue weighted by Crippen LogP contribution is -2.00. The van der Waals surface area contributed by atoms with Gasteiger partial charge < -0.3 is 0 Å². The molecule has 0 saturated heterocycles. The summed E-state index contributed by atoms with van der Waals surface area (Å²) < 4.78 is 1.10. The van der Waals surface area contributed by atoms with Crippen molar-refractivity contribution in [3.63, 3.8) is 0 Å². The van der Waals surface area contributed by atoms with E-state index in [9.17, 15) is 0 Å². The number of hydrogen-bond donors (Lipinski definition) is 0. The fraction of sp³-hybridized carbons (Fsp3) is 0.0698. The number of aryl methyl sites for hydroxylation is 1. The van der Waals surface area contributed by atoms with Crippen LogP contribution in [-0.2, 0) is 6.42 Å². The third kappa shape index (κ3) is 4.98. The predicted molar refractivity (Wildman–Crippen MR) is 190 cm³/mol. The molecule has 1 atom stereocenters. The number of halogens is 1. The second-order valence-electron chi connectivity index (χ2n) is 11.8. The van der Waals surface area contributed by atoms with Crippen LogP contribution in [0.25, 0.3) is 55.3 Å². The molecule has 1 aliphatic rings. The highest BCUT2D eigenvalue weighted by Gasteiger charge is 2.29. The molecule has 0 N–H and O–H groups in total. The van der Waals surface area contributed by atoms with Gasteiger partial charge in [0, 0.05) is 10.4 Å². The summed E-state index contributed by atoms with van der Waals surface area (Å²) in [5.41, 5.74) is 14.6. The van der Waals surface area contributed by atoms with Gasteiger partial charge in [-0.3, -0.25) is 0 Å². The van der Waals surface area contributed by atoms with Crippen LogP contribution in [0.1, 0.15) is 29.0 Å². The highest BCUT2D eigenvalue weighted by atomic mass is 79.9. The van der Waals surface area contributed by atoms with Crippen molar-refractivity contribution in [1.29, 1.82) is 0 Å². The maximum Gasteiger partial charge on any atom is 0.0175 e. The molecular formula is C43H31Br. The molecule has 0 bridgehead atoms. The Kier molecular flexibility index (Phi) is 6.97. The Labute approximate surface area is 267 Å². The third-order valence-corrected chi connectivity index (χ3v) is 9.71. The van der Waals surface area contributed by atoms with Crippen LogP contribution in [0.15, 0.2) is 162 Å². The van der Waals surface area contributed by atoms with Crippen molar-refractivity contribution >= 4 is 26.7 Å². The quantitative estimate of drug-likeness (QED) is 0.172. The standard InChI is InChI=1S/C43H31Br/c44-36-21-17-30(18-22-36)32-12-6-13-33(26-32)34-19-24-40-39(23-16-29-8-2-1-3-9-29)43-28-35(20-25-41(43)42(40)27-34)38-15-7-11-31-10-4-5-14-37(31)38/h1-15,17-22,24-28,39H,16,23H2. The lowest BCUT2D eigenvalue weighted by Gasteiger charge is -2.16. The van der Waals surface area contributed by atoms with E-state index < -0.39 is 0 Å². The summed E-state index contributed by atoms with van der Waals surface area (Å²) in [6.45, 7) is 0. The van der Waals surface area contributed by atoms with Gasteiger partial charge in [-0.05, 0) is 115 Å². The van der Waals surface area contributed by atoms with Crippen LogP contribution in [0.2, 0.25) is 0 Å². The molecule has 0 saturated carbocycles. The molecule has 0 nitrogen and oxygen atoms in total. The Morgan fingerprint density at radius 1 is 0.432 bits per heavy atom. The molecule has 0 amide bonds. The summed E-state index contributed by atoms with van der Waals surface area (Å²) in [5.74, 6) is 0.360. The van der Waals surface area contributed by atoms with Crippen LogP contribution in [0.3, 0.4) is 0 Å². The Bertz CT molecular complexity index is 2120. The highest BCUT2D eigenvalue weighted by molar-refractivity contribution is 9.10. The SMILES string of the molecule is Brc1ccc(-c2cccc(-c3ccc4c(c3)-c3ccc(-c5cccc6ccccc56)cc3C4CCc3ccccc3)c2)cc1. The molecule has 0 fully saturated rings. The summed E-state index contributed by atoms with van der Waals surface area (Å²) in [4.78, 5) is 0. The van der Waals surface area contributed by atoms with Gasteiger partial charge in [-0.25, -0.2) is 0 Å². The largest absolute Gasteiger partial charge is 0.0622 e. The summed E-state index contributed by atoms with van der Waals surface area (Å²) in [5, 5.41) is 2.59. The zero-order valence-corrected chi connectivity index (χ0v) is 26.0. The second-order valence-corrected chi connectivity index (χ2v) is 12.7. The minimum atomic E-state index is 0.360. The van der Waals surface area contributed by atoms with Crippen LogP contribution in [0, 0.1) is 0 Å². The lowest BCUT2D eigenvalue weighted by molar-refractivity contribution is 0.730. The monoisotopic (exact) mass is 626 g/mol. The average molecular weight is 628 g/mol. The molecule has 1 aliphatic carbocycles. The maximum absolute atomic E-state index is 3.57. The van der Waals surface area contributed by atoms with E-state index in [0.29, 0.717) is 5.92 Å². The summed E-state index contributed by atoms with van der Waals surface area (Å²) in [6, 6.07) is 58.1. The highest BCUT2D eigenvalue weighted by Crippen LogP contribution is 2.49. The first-order valence-corrected chi connectivity index (χ1v) is 16.2. The fourth-order valence-corrected chi connectivity index (χ4v) is 7.23. The van der Waals surface area contributed by atoms with Gasteiger partial charge in [-0.1, -0.05) is 143 Å². The van der Waals surface area contributed by atoms with Gasteiger partial charge in [0.15, 0.2) is 0 Å². The molecule has 0 aromatic heterocycles.